The fourth-order valence-electron chi connectivity index (χ4n) is 5.07. The molecular formula is C36H26ClCrN7Na2O12S+2. The first kappa shape index (κ1) is 51.1. The number of nitrogens with zero attached hydrogens (tertiary/aromatic N) is 6. The van der Waals surface area contributed by atoms with E-state index in [1.165, 1.54) is 19.1 Å². The molecule has 0 aliphatic carbocycles. The molecule has 0 atom stereocenters. The molecule has 0 fully saturated rings. The van der Waals surface area contributed by atoms with Crippen LogP contribution in [0.3, 0.4) is 0 Å². The van der Waals surface area contributed by atoms with Crippen LogP contribution < -0.4 is 64.4 Å². The molecule has 6 aromatic carbocycles. The van der Waals surface area contributed by atoms with Crippen molar-refractivity contribution in [1.29, 1.82) is 0 Å². The number of amides is 1. The Hall–Kier alpha value is -5.02. The van der Waals surface area contributed by atoms with Gasteiger partial charge in [-0.3, -0.25) is 29.6 Å². The molecule has 0 unspecified atom stereocenters. The molecule has 19 nitrogen and oxygen atoms in total. The quantitative estimate of drug-likeness (QED) is 0.0231. The third-order valence-corrected chi connectivity index (χ3v) is 8.98. The summed E-state index contributed by atoms with van der Waals surface area (Å²) >= 11 is 5.95. The number of nitrogens with one attached hydrogen (secondary N) is 1. The number of nitro groups is 2. The number of hydrogen-bond donors (Lipinski definition) is 6. The van der Waals surface area contributed by atoms with Gasteiger partial charge in [-0.1, -0.05) is 54.1 Å². The van der Waals surface area contributed by atoms with E-state index in [-0.39, 0.29) is 127 Å². The van der Waals surface area contributed by atoms with Crippen molar-refractivity contribution in [2.75, 3.05) is 5.32 Å². The molecule has 0 aliphatic heterocycles. The van der Waals surface area contributed by atoms with Crippen molar-refractivity contribution in [3.63, 3.8) is 0 Å². The number of aromatic hydroxyl groups is 3. The second-order valence-electron chi connectivity index (χ2n) is 11.6. The van der Waals surface area contributed by atoms with Crippen LogP contribution >= 0.6 is 11.6 Å². The molecule has 0 aromatic heterocycles. The van der Waals surface area contributed by atoms with E-state index in [0.717, 1.165) is 41.8 Å². The fourth-order valence-corrected chi connectivity index (χ4v) is 5.96. The van der Waals surface area contributed by atoms with Crippen molar-refractivity contribution in [2.24, 2.45) is 20.5 Å². The maximum atomic E-state index is 12.3. The number of para-hydroxylation sites is 1. The number of benzene rings is 6. The number of carbonyl (C=O) groups is 1. The predicted octanol–water partition coefficient (Wildman–Crippen LogP) is 3.45. The number of phenolic OH excluding ortho intramolecular Hbond substituents is 3. The second-order valence-corrected chi connectivity index (χ2v) is 13.4. The first-order valence-corrected chi connectivity index (χ1v) is 17.7. The number of phenols is 3. The molecule has 0 saturated heterocycles. The number of nitro benzene ring substituents is 2. The monoisotopic (exact) mass is 913 g/mol. The molecule has 296 valence electrons. The maximum absolute atomic E-state index is 12.3. The van der Waals surface area contributed by atoms with Gasteiger partial charge in [-0.05, 0) is 42.6 Å². The van der Waals surface area contributed by atoms with E-state index in [0.29, 0.717) is 11.1 Å². The van der Waals surface area contributed by atoms with Gasteiger partial charge in [0.2, 0.25) is 0 Å². The van der Waals surface area contributed by atoms with Crippen molar-refractivity contribution in [3.05, 3.63) is 140 Å². The zero-order valence-corrected chi connectivity index (χ0v) is 38.1. The van der Waals surface area contributed by atoms with Gasteiger partial charge in [0.05, 0.1) is 20.6 Å². The molecule has 1 amide bonds. The summed E-state index contributed by atoms with van der Waals surface area (Å²) in [5.74, 6) is -2.41. The molecule has 6 N–H and O–H groups in total. The molecule has 6 aromatic rings. The van der Waals surface area contributed by atoms with Crippen LogP contribution in [-0.4, -0.2) is 49.2 Å². The second kappa shape index (κ2) is 22.0. The summed E-state index contributed by atoms with van der Waals surface area (Å²) in [6.45, 7) is 1.22. The van der Waals surface area contributed by atoms with Gasteiger partial charge in [0.25, 0.3) is 27.4 Å². The maximum Gasteiger partial charge on any atom is 1.00 e. The van der Waals surface area contributed by atoms with Crippen molar-refractivity contribution in [2.45, 2.75) is 11.8 Å². The average molecular weight is 914 g/mol. The fraction of sp³-hybridized carbons (Fsp3) is 0.0278. The van der Waals surface area contributed by atoms with Gasteiger partial charge < -0.3 is 25.7 Å². The molecule has 0 saturated carbocycles. The van der Waals surface area contributed by atoms with Gasteiger partial charge in [-0.25, -0.2) is 0 Å². The Labute approximate surface area is 398 Å². The number of allylic oxidation sites excluding steroid dienone is 1. The average Bonchev–Trinajstić information content (AvgIpc) is 3.16. The van der Waals surface area contributed by atoms with E-state index in [2.05, 4.69) is 25.8 Å². The number of non-ortho nitro benzene ring substituents is 2. The summed E-state index contributed by atoms with van der Waals surface area (Å²) in [4.78, 5) is 32.1. The molecule has 24 heteroatoms. The van der Waals surface area contributed by atoms with Crippen molar-refractivity contribution < 1.29 is 125 Å². The molecule has 60 heavy (non-hydrogen) atoms. The largest absolute Gasteiger partial charge is 1.00 e. The van der Waals surface area contributed by atoms with Gasteiger partial charge >= 0.3 is 59.1 Å². The summed E-state index contributed by atoms with van der Waals surface area (Å²) in [6.07, 6.45) is 0. The van der Waals surface area contributed by atoms with E-state index in [4.69, 9.17) is 11.6 Å². The van der Waals surface area contributed by atoms with Gasteiger partial charge in [-0.2, -0.15) is 8.42 Å². The van der Waals surface area contributed by atoms with E-state index >= 15 is 0 Å². The Balaban J connectivity index is 0.000000400. The zero-order chi connectivity index (χ0) is 41.6. The number of halogens is 1. The van der Waals surface area contributed by atoms with Crippen molar-refractivity contribution in [1.82, 2.24) is 0 Å². The minimum atomic E-state index is -4.81. The molecule has 6 rings (SSSR count). The summed E-state index contributed by atoms with van der Waals surface area (Å²) < 4.78 is 33.0. The number of rotatable bonds is 9. The molecule has 0 bridgehead atoms. The van der Waals surface area contributed by atoms with Crippen LogP contribution in [0.25, 0.3) is 21.5 Å². The van der Waals surface area contributed by atoms with Crippen LogP contribution in [0.2, 0.25) is 5.02 Å². The third-order valence-electron chi connectivity index (χ3n) is 7.76. The number of fused-ring (bicyclic) bond motifs is 2. The smallest absolute Gasteiger partial charge is 0.510 e. The summed E-state index contributed by atoms with van der Waals surface area (Å²) in [5, 5.41) is 81.0. The number of carbonyl (C=O) groups excluding carboxylic acids is 1. The van der Waals surface area contributed by atoms with Crippen LogP contribution in [0, 0.1) is 20.2 Å². The van der Waals surface area contributed by atoms with Crippen molar-refractivity contribution >= 4 is 83.3 Å². The molecule has 0 heterocycles. The standard InChI is InChI=1S/C20H13N3O7S.C16H13ClN4O5.Cr.2Na/c24-16-8-5-11-3-1-2-4-13(11)19(16)21-22-20-14-7-6-12(23(26)27)9-15(14)18(10-17(20)25)31(28,29)30;1-9(22)15(16(24)18-12-5-3-2-4-11(12)17)20-19-13-8-10(21(25)26)6-7-14(13)23;;;/h1-10,24-25H,(H,28,29,30);2-8,22-23H,1H3,(H,18,24);;;/q;;;2*+1/b;15-9-,20-19?;;;. The third kappa shape index (κ3) is 12.3. The van der Waals surface area contributed by atoms with E-state index in [1.54, 1.807) is 54.6 Å². The Kier molecular flexibility index (Phi) is 18.8. The first-order valence-electron chi connectivity index (χ1n) is 15.8. The van der Waals surface area contributed by atoms with Gasteiger partial charge in [0.15, 0.2) is 5.70 Å². The Bertz CT molecular complexity index is 2830. The Morgan fingerprint density at radius 3 is 1.90 bits per heavy atom. The van der Waals surface area contributed by atoms with Gasteiger partial charge in [0, 0.05) is 63.9 Å². The molecule has 0 spiro atoms. The molecule has 0 radical (unpaired) electrons. The topological polar surface area (TPSA) is 300 Å². The number of azo groups is 2. The summed E-state index contributed by atoms with van der Waals surface area (Å²) in [7, 11) is -4.81. The number of aliphatic hydroxyl groups excluding tert-OH is 1. The number of hydrogen-bond acceptors (Lipinski definition) is 15. The van der Waals surface area contributed by atoms with Crippen LogP contribution in [0.4, 0.5) is 34.1 Å². The van der Waals surface area contributed by atoms with Crippen LogP contribution in [0.1, 0.15) is 6.92 Å². The van der Waals surface area contributed by atoms with Crippen LogP contribution in [0.15, 0.2) is 140 Å². The van der Waals surface area contributed by atoms with E-state index in [1.807, 2.05) is 0 Å². The first-order chi connectivity index (χ1) is 27.0. The molecule has 0 aliphatic rings. The van der Waals surface area contributed by atoms with Crippen LogP contribution in [0.5, 0.6) is 17.2 Å². The molecular weight excluding hydrogens is 888 g/mol. The minimum Gasteiger partial charge on any atom is -0.510 e. The SMILES string of the molecule is C/C(O)=C(/N=Nc1cc([N+](=O)[O-])ccc1O)C(=O)Nc1ccccc1Cl.O=[N+]([O-])c1ccc2c(N=Nc3c(O)ccc4ccccc34)c(O)cc(S(=O)(=O)O)c2c1.[Cr].[Na+].[Na+]. The zero-order valence-electron chi connectivity index (χ0n) is 31.3. The summed E-state index contributed by atoms with van der Waals surface area (Å²) in [6, 6.07) is 23.8. The number of aliphatic hydroxyl groups is 1. The number of anilines is 1. The Morgan fingerprint density at radius 1 is 0.717 bits per heavy atom. The van der Waals surface area contributed by atoms with Crippen LogP contribution in [-0.2, 0) is 32.3 Å². The van der Waals surface area contributed by atoms with Gasteiger partial charge in [0.1, 0.15) is 45.0 Å². The van der Waals surface area contributed by atoms with Crippen molar-refractivity contribution in [3.8, 4) is 17.2 Å². The van der Waals surface area contributed by atoms with E-state index in [9.17, 15) is 58.4 Å². The summed E-state index contributed by atoms with van der Waals surface area (Å²) in [5.41, 5.74) is -1.19. The normalized spacial score (nSPS) is 11.4. The Morgan fingerprint density at radius 2 is 1.28 bits per heavy atom. The predicted molar refractivity (Wildman–Crippen MR) is 207 cm³/mol. The van der Waals surface area contributed by atoms with Gasteiger partial charge in [-0.15, -0.1) is 20.5 Å². The van der Waals surface area contributed by atoms with E-state index < -0.39 is 53.7 Å². The minimum absolute atomic E-state index is 0.